The maximum atomic E-state index is 13.5. The summed E-state index contributed by atoms with van der Waals surface area (Å²) < 4.78 is 82.3. The predicted octanol–water partition coefficient (Wildman–Crippen LogP) is 13.0. The van der Waals surface area contributed by atoms with E-state index in [2.05, 4.69) is 13.8 Å². The van der Waals surface area contributed by atoms with Gasteiger partial charge in [0, 0.05) is 12.8 Å². The van der Waals surface area contributed by atoms with Crippen molar-refractivity contribution >= 4 is 22.1 Å². The number of carbonyl (C=O) groups is 2. The Morgan fingerprint density at radius 1 is 0.450 bits per heavy atom. The zero-order chi connectivity index (χ0) is 56.3. The molecular weight excluding hydrogens is 1040 g/mol. The number of benzene rings is 3. The SMILES string of the molecule is CCCCCCCCCCCCCCCCCC(=O)OCC(CO[C@@H]1O[C@H](CS(=O)(=O)[O-])[C@H](OCc2ccccc2)[C@H](OCc2ccccc2)[C@H]1OCc1ccccc1)OC(=O)CCCCCCCCCCCCCCCCC.[Na+]. The van der Waals surface area contributed by atoms with Gasteiger partial charge in [0.1, 0.15) is 31.0 Å². The third-order valence-corrected chi connectivity index (χ3v) is 15.7. The van der Waals surface area contributed by atoms with Crippen LogP contribution in [0.4, 0.5) is 0 Å². The van der Waals surface area contributed by atoms with Gasteiger partial charge in [-0.25, -0.2) is 8.42 Å². The van der Waals surface area contributed by atoms with Crippen LogP contribution in [0.2, 0.25) is 0 Å². The van der Waals surface area contributed by atoms with Gasteiger partial charge in [-0.05, 0) is 29.5 Å². The number of ether oxygens (including phenoxy) is 7. The number of hydrogen-bond donors (Lipinski definition) is 0. The molecule has 446 valence electrons. The van der Waals surface area contributed by atoms with Crippen molar-refractivity contribution in [1.82, 2.24) is 0 Å². The summed E-state index contributed by atoms with van der Waals surface area (Å²) in [6.07, 6.45) is 30.1. The molecule has 0 N–H and O–H groups in total. The van der Waals surface area contributed by atoms with E-state index in [-0.39, 0.29) is 81.4 Å². The van der Waals surface area contributed by atoms with Gasteiger partial charge in [-0.15, -0.1) is 0 Å². The first-order chi connectivity index (χ1) is 38.6. The quantitative estimate of drug-likeness (QED) is 0.0229. The summed E-state index contributed by atoms with van der Waals surface area (Å²) in [4.78, 5) is 26.8. The Balaban J connectivity index is 0.0000168. The summed E-state index contributed by atoms with van der Waals surface area (Å²) in [5.41, 5.74) is 2.51. The van der Waals surface area contributed by atoms with Gasteiger partial charge in [-0.2, -0.15) is 0 Å². The van der Waals surface area contributed by atoms with Crippen LogP contribution >= 0.6 is 0 Å². The van der Waals surface area contributed by atoms with Crippen molar-refractivity contribution in [2.24, 2.45) is 0 Å². The van der Waals surface area contributed by atoms with Gasteiger partial charge in [0.05, 0.1) is 42.3 Å². The monoisotopic (exact) mass is 1140 g/mol. The maximum absolute atomic E-state index is 13.5. The van der Waals surface area contributed by atoms with Crippen molar-refractivity contribution in [3.8, 4) is 0 Å². The second-order valence-electron chi connectivity index (χ2n) is 22.1. The molecule has 0 spiro atoms. The Labute approximate surface area is 506 Å². The fourth-order valence-corrected chi connectivity index (χ4v) is 11.0. The van der Waals surface area contributed by atoms with Crippen LogP contribution in [0.5, 0.6) is 0 Å². The fraction of sp³-hybridized carbons (Fsp3) is 0.697. The molecule has 4 rings (SSSR count). The molecule has 0 amide bonds. The molecule has 1 saturated heterocycles. The Hall–Kier alpha value is -2.69. The molecule has 3 aromatic rings. The van der Waals surface area contributed by atoms with Crippen LogP contribution in [-0.2, 0) is 72.7 Å². The zero-order valence-corrected chi connectivity index (χ0v) is 52.6. The molecule has 14 heteroatoms. The Morgan fingerprint density at radius 2 is 0.787 bits per heavy atom. The first-order valence-electron chi connectivity index (χ1n) is 31.2. The van der Waals surface area contributed by atoms with Crippen molar-refractivity contribution < 1.29 is 85.3 Å². The molecule has 80 heavy (non-hydrogen) atoms. The fourth-order valence-electron chi connectivity index (χ4n) is 10.3. The van der Waals surface area contributed by atoms with Gasteiger partial charge in [-0.3, -0.25) is 9.59 Å². The zero-order valence-electron chi connectivity index (χ0n) is 49.8. The minimum atomic E-state index is -4.87. The summed E-state index contributed by atoms with van der Waals surface area (Å²) in [6.45, 7) is 4.24. The minimum Gasteiger partial charge on any atom is -0.748 e. The van der Waals surface area contributed by atoms with Gasteiger partial charge < -0.3 is 37.7 Å². The Kier molecular flexibility index (Phi) is 41.7. The summed E-state index contributed by atoms with van der Waals surface area (Å²) in [5, 5.41) is 0. The molecule has 0 aromatic heterocycles. The predicted molar refractivity (Wildman–Crippen MR) is 314 cm³/mol. The Morgan fingerprint density at radius 3 is 1.16 bits per heavy atom. The second-order valence-corrected chi connectivity index (χ2v) is 23.5. The van der Waals surface area contributed by atoms with E-state index in [0.29, 0.717) is 12.8 Å². The van der Waals surface area contributed by atoms with Crippen molar-refractivity contribution in [1.29, 1.82) is 0 Å². The topological polar surface area (TPSA) is 156 Å². The number of carbonyl (C=O) groups excluding carboxylic acids is 2. The van der Waals surface area contributed by atoms with E-state index in [0.717, 1.165) is 55.2 Å². The summed E-state index contributed by atoms with van der Waals surface area (Å²) in [5.74, 6) is -1.75. The van der Waals surface area contributed by atoms with Crippen LogP contribution in [0.15, 0.2) is 91.0 Å². The van der Waals surface area contributed by atoms with Crippen molar-refractivity contribution in [2.75, 3.05) is 19.0 Å². The second kappa shape index (κ2) is 46.7. The van der Waals surface area contributed by atoms with Crippen molar-refractivity contribution in [3.05, 3.63) is 108 Å². The molecule has 0 radical (unpaired) electrons. The van der Waals surface area contributed by atoms with E-state index in [9.17, 15) is 22.6 Å². The standard InChI is InChI=1S/C66H104O12S.Na/c1-3-5-7-9-11-13-15-17-19-21-23-25-27-29-40-48-61(67)72-53-59(77-62(68)49-41-30-28-26-24-22-20-18-16-14-12-10-8-6-4-2)54-76-66-65(75-52-58-46-38-33-39-47-58)64(74-51-57-44-36-32-37-45-57)63(60(78-66)55-79(69,70)71)73-50-56-42-34-31-35-43-56;/h31-39,42-47,59-60,63-66H,3-30,40-41,48-55H2,1-2H3,(H,69,70,71);/q;+1/p-1/t59?,60-,63+,64+,65-,66-;/m1./s1. The van der Waals surface area contributed by atoms with Crippen LogP contribution < -0.4 is 29.6 Å². The summed E-state index contributed by atoms with van der Waals surface area (Å²) in [6, 6.07) is 28.4. The largest absolute Gasteiger partial charge is 1.00 e. The van der Waals surface area contributed by atoms with E-state index < -0.39 is 58.7 Å². The molecule has 1 fully saturated rings. The number of hydrogen-bond acceptors (Lipinski definition) is 12. The van der Waals surface area contributed by atoms with E-state index in [1.54, 1.807) is 0 Å². The van der Waals surface area contributed by atoms with Crippen LogP contribution in [0, 0.1) is 0 Å². The van der Waals surface area contributed by atoms with Gasteiger partial charge >= 0.3 is 41.5 Å². The molecule has 1 aliphatic rings. The number of esters is 2. The van der Waals surface area contributed by atoms with Gasteiger partial charge in [0.2, 0.25) is 0 Å². The third-order valence-electron chi connectivity index (χ3n) is 15.0. The molecule has 1 unspecified atom stereocenters. The van der Waals surface area contributed by atoms with Crippen molar-refractivity contribution in [2.45, 2.75) is 276 Å². The normalized spacial score (nSPS) is 17.7. The summed E-state index contributed by atoms with van der Waals surface area (Å²) in [7, 11) is -4.87. The molecule has 1 heterocycles. The minimum absolute atomic E-state index is 0. The first-order valence-corrected chi connectivity index (χ1v) is 32.7. The third kappa shape index (κ3) is 34.8. The van der Waals surface area contributed by atoms with E-state index in [4.69, 9.17) is 33.2 Å². The van der Waals surface area contributed by atoms with E-state index in [1.165, 1.54) is 141 Å². The van der Waals surface area contributed by atoms with Crippen LogP contribution in [-0.4, -0.2) is 80.7 Å². The molecule has 0 bridgehead atoms. The molecule has 12 nitrogen and oxygen atoms in total. The molecule has 3 aromatic carbocycles. The van der Waals surface area contributed by atoms with Crippen LogP contribution in [0.25, 0.3) is 0 Å². The molecule has 0 aliphatic carbocycles. The first kappa shape index (κ1) is 71.6. The average molecular weight is 1140 g/mol. The van der Waals surface area contributed by atoms with E-state index >= 15 is 0 Å². The van der Waals surface area contributed by atoms with Gasteiger partial charge in [0.15, 0.2) is 12.4 Å². The van der Waals surface area contributed by atoms with Crippen molar-refractivity contribution in [3.63, 3.8) is 0 Å². The molecule has 6 atom stereocenters. The van der Waals surface area contributed by atoms with Crippen LogP contribution in [0.3, 0.4) is 0 Å². The average Bonchev–Trinajstić information content (AvgIpc) is 3.56. The maximum Gasteiger partial charge on any atom is 1.00 e. The summed E-state index contributed by atoms with van der Waals surface area (Å²) >= 11 is 0. The van der Waals surface area contributed by atoms with Gasteiger partial charge in [0.25, 0.3) is 0 Å². The molecule has 0 saturated carbocycles. The number of rotatable bonds is 49. The van der Waals surface area contributed by atoms with Gasteiger partial charge in [-0.1, -0.05) is 285 Å². The Bertz CT molecular complexity index is 2050. The van der Waals surface area contributed by atoms with Crippen LogP contribution in [0.1, 0.15) is 236 Å². The molecular formula is C66H103NaO12S. The smallest absolute Gasteiger partial charge is 0.748 e. The van der Waals surface area contributed by atoms with E-state index in [1.807, 2.05) is 91.0 Å². The number of unbranched alkanes of at least 4 members (excludes halogenated alkanes) is 28. The molecule has 1 aliphatic heterocycles.